The quantitative estimate of drug-likeness (QED) is 0.151. The van der Waals surface area contributed by atoms with Gasteiger partial charge in [-0.05, 0) is 46.0 Å². The van der Waals surface area contributed by atoms with E-state index in [1.807, 2.05) is 18.2 Å². The van der Waals surface area contributed by atoms with Crippen LogP contribution in [0, 0.1) is 0 Å². The van der Waals surface area contributed by atoms with Gasteiger partial charge in [-0.2, -0.15) is 0 Å². The minimum absolute atomic E-state index is 0.686. The Labute approximate surface area is 364 Å². The molecule has 0 spiro atoms. The molecule has 3 heterocycles. The molecule has 12 rings (SSSR count). The zero-order valence-corrected chi connectivity index (χ0v) is 34.1. The lowest BCUT2D eigenvalue weighted by molar-refractivity contribution is 1.10. The van der Waals surface area contributed by atoms with Crippen molar-refractivity contribution in [2.24, 2.45) is 0 Å². The molecule has 0 unspecified atom stereocenters. The van der Waals surface area contributed by atoms with Gasteiger partial charge in [0, 0.05) is 49.8 Å². The highest BCUT2D eigenvalue weighted by molar-refractivity contribution is 6.20. The van der Waals surface area contributed by atoms with Gasteiger partial charge in [-0.3, -0.25) is 4.57 Å². The first kappa shape index (κ1) is 36.3. The number of hydrogen-bond donors (Lipinski definition) is 0. The second kappa shape index (κ2) is 15.2. The van der Waals surface area contributed by atoms with Gasteiger partial charge in [-0.15, -0.1) is 0 Å². The number of rotatable bonds is 7. The van der Waals surface area contributed by atoms with Crippen LogP contribution in [0.3, 0.4) is 0 Å². The predicted molar refractivity (Wildman–Crippen MR) is 260 cm³/mol. The minimum Gasteiger partial charge on any atom is -0.292 e. The molecule has 63 heavy (non-hydrogen) atoms. The Bertz CT molecular complexity index is 3570. The number of imidazole rings is 1. The van der Waals surface area contributed by atoms with E-state index in [9.17, 15) is 0 Å². The van der Waals surface area contributed by atoms with Crippen molar-refractivity contribution in [2.75, 3.05) is 0 Å². The van der Waals surface area contributed by atoms with Crippen LogP contribution in [0.4, 0.5) is 0 Å². The van der Waals surface area contributed by atoms with Crippen molar-refractivity contribution in [1.82, 2.24) is 24.5 Å². The molecule has 0 N–H and O–H groups in total. The van der Waals surface area contributed by atoms with Gasteiger partial charge in [-0.1, -0.05) is 200 Å². The molecule has 0 atom stereocenters. The Hall–Kier alpha value is -8.54. The molecule has 0 saturated heterocycles. The topological polar surface area (TPSA) is 56.5 Å². The second-order valence-corrected chi connectivity index (χ2v) is 15.8. The van der Waals surface area contributed by atoms with Gasteiger partial charge in [0.2, 0.25) is 0 Å². The summed E-state index contributed by atoms with van der Waals surface area (Å²) < 4.78 is 2.27. The smallest absolute Gasteiger partial charge is 0.161 e. The zero-order chi connectivity index (χ0) is 41.7. The van der Waals surface area contributed by atoms with E-state index in [0.717, 1.165) is 111 Å². The van der Waals surface area contributed by atoms with E-state index in [1.165, 1.54) is 0 Å². The number of nitrogens with zero attached hydrogens (tertiary/aromatic N) is 5. The van der Waals surface area contributed by atoms with Crippen molar-refractivity contribution in [3.63, 3.8) is 0 Å². The maximum atomic E-state index is 5.49. The Balaban J connectivity index is 1.10. The van der Waals surface area contributed by atoms with Crippen LogP contribution < -0.4 is 0 Å². The normalized spacial score (nSPS) is 11.5. The third-order valence-electron chi connectivity index (χ3n) is 12.0. The van der Waals surface area contributed by atoms with Crippen molar-refractivity contribution < 1.29 is 0 Å². The molecular weight excluding hydrogens is 767 g/mol. The van der Waals surface area contributed by atoms with Gasteiger partial charge in [0.05, 0.1) is 33.6 Å². The van der Waals surface area contributed by atoms with Crippen molar-refractivity contribution in [3.05, 3.63) is 224 Å². The van der Waals surface area contributed by atoms with Gasteiger partial charge in [0.15, 0.2) is 5.82 Å². The summed E-state index contributed by atoms with van der Waals surface area (Å²) in [4.78, 5) is 21.8. The van der Waals surface area contributed by atoms with E-state index in [4.69, 9.17) is 19.9 Å². The molecule has 5 heteroatoms. The standard InChI is InChI=1S/C58H37N5/c1-5-19-40(20-6-1)53-51(54(41-21-7-2-8-22-41)61-57(60-53)48-30-17-25-38-18-13-14-28-45(38)48)39-32-34-42(35-33-39)55-52-47(46-29-15-16-31-49(46)59-55)36-37-50-56(52)62-58(43-23-9-3-10-24-43)63(50)44-26-11-4-12-27-44/h1-37H. The third kappa shape index (κ3) is 6.25. The van der Waals surface area contributed by atoms with E-state index in [1.54, 1.807) is 0 Å². The number of benzene rings is 9. The summed E-state index contributed by atoms with van der Waals surface area (Å²) in [5.41, 5.74) is 13.6. The summed E-state index contributed by atoms with van der Waals surface area (Å²) in [6.45, 7) is 0. The second-order valence-electron chi connectivity index (χ2n) is 15.8. The predicted octanol–water partition coefficient (Wildman–Crippen LogP) is 14.7. The molecule has 0 aliphatic carbocycles. The average Bonchev–Trinajstić information content (AvgIpc) is 3.77. The van der Waals surface area contributed by atoms with Gasteiger partial charge < -0.3 is 0 Å². The van der Waals surface area contributed by atoms with E-state index >= 15 is 0 Å². The lowest BCUT2D eigenvalue weighted by Crippen LogP contribution is -2.01. The molecule has 0 aliphatic rings. The van der Waals surface area contributed by atoms with E-state index in [2.05, 4.69) is 211 Å². The highest BCUT2D eigenvalue weighted by Gasteiger charge is 2.23. The number of aromatic nitrogens is 5. The van der Waals surface area contributed by atoms with Crippen LogP contribution in [0.5, 0.6) is 0 Å². The van der Waals surface area contributed by atoms with E-state index < -0.39 is 0 Å². The molecule has 12 aromatic rings. The minimum atomic E-state index is 0.686. The summed E-state index contributed by atoms with van der Waals surface area (Å²) in [5, 5.41) is 5.48. The fourth-order valence-corrected chi connectivity index (χ4v) is 9.09. The van der Waals surface area contributed by atoms with Crippen LogP contribution in [0.1, 0.15) is 0 Å². The number of para-hydroxylation sites is 2. The first-order chi connectivity index (χ1) is 31.3. The largest absolute Gasteiger partial charge is 0.292 e. The monoisotopic (exact) mass is 803 g/mol. The van der Waals surface area contributed by atoms with Crippen LogP contribution in [-0.2, 0) is 0 Å². The first-order valence-corrected chi connectivity index (χ1v) is 21.2. The van der Waals surface area contributed by atoms with E-state index in [-0.39, 0.29) is 0 Å². The molecule has 0 aliphatic heterocycles. The summed E-state index contributed by atoms with van der Waals surface area (Å²) in [5.74, 6) is 1.57. The number of hydrogen-bond acceptors (Lipinski definition) is 4. The average molecular weight is 804 g/mol. The van der Waals surface area contributed by atoms with Crippen molar-refractivity contribution in [2.45, 2.75) is 0 Å². The Kier molecular flexibility index (Phi) is 8.75. The van der Waals surface area contributed by atoms with Crippen molar-refractivity contribution in [3.8, 4) is 73.4 Å². The molecule has 0 amide bonds. The molecule has 294 valence electrons. The highest BCUT2D eigenvalue weighted by atomic mass is 15.1. The molecule has 0 bridgehead atoms. The highest BCUT2D eigenvalue weighted by Crippen LogP contribution is 2.43. The van der Waals surface area contributed by atoms with Crippen LogP contribution in [0.2, 0.25) is 0 Å². The number of fused-ring (bicyclic) bond motifs is 6. The van der Waals surface area contributed by atoms with Crippen molar-refractivity contribution >= 4 is 43.5 Å². The Morgan fingerprint density at radius 3 is 1.56 bits per heavy atom. The lowest BCUT2D eigenvalue weighted by Gasteiger charge is -2.18. The Morgan fingerprint density at radius 1 is 0.333 bits per heavy atom. The van der Waals surface area contributed by atoms with Gasteiger partial charge in [0.25, 0.3) is 0 Å². The number of pyridine rings is 1. The van der Waals surface area contributed by atoms with Crippen molar-refractivity contribution in [1.29, 1.82) is 0 Å². The molecule has 0 radical (unpaired) electrons. The first-order valence-electron chi connectivity index (χ1n) is 21.2. The zero-order valence-electron chi connectivity index (χ0n) is 34.1. The molecular formula is C58H37N5. The molecule has 0 saturated carbocycles. The summed E-state index contributed by atoms with van der Waals surface area (Å²) in [6.07, 6.45) is 0. The van der Waals surface area contributed by atoms with Gasteiger partial charge in [0.1, 0.15) is 5.82 Å². The maximum Gasteiger partial charge on any atom is 0.161 e. The fraction of sp³-hybridized carbons (Fsp3) is 0. The summed E-state index contributed by atoms with van der Waals surface area (Å²) in [7, 11) is 0. The fourth-order valence-electron chi connectivity index (χ4n) is 9.09. The van der Waals surface area contributed by atoms with Crippen LogP contribution >= 0.6 is 0 Å². The van der Waals surface area contributed by atoms with Crippen LogP contribution in [0.25, 0.3) is 117 Å². The molecule has 5 nitrogen and oxygen atoms in total. The van der Waals surface area contributed by atoms with Gasteiger partial charge in [-0.25, -0.2) is 19.9 Å². The third-order valence-corrected chi connectivity index (χ3v) is 12.0. The molecule has 9 aromatic carbocycles. The summed E-state index contributed by atoms with van der Waals surface area (Å²) in [6, 6.07) is 78.3. The van der Waals surface area contributed by atoms with Gasteiger partial charge >= 0.3 is 0 Å². The summed E-state index contributed by atoms with van der Waals surface area (Å²) >= 11 is 0. The Morgan fingerprint density at radius 2 is 0.873 bits per heavy atom. The maximum absolute atomic E-state index is 5.49. The van der Waals surface area contributed by atoms with Crippen LogP contribution in [-0.4, -0.2) is 24.5 Å². The molecule has 0 fully saturated rings. The lowest BCUT2D eigenvalue weighted by atomic mass is 9.92. The van der Waals surface area contributed by atoms with Crippen LogP contribution in [0.15, 0.2) is 224 Å². The molecule has 3 aromatic heterocycles. The van der Waals surface area contributed by atoms with E-state index in [0.29, 0.717) is 5.82 Å². The SMILES string of the molecule is c1ccc(-c2nc(-c3cccc4ccccc34)nc(-c3ccccc3)c2-c2ccc(-c3nc4ccccc4c4ccc5c(nc(-c6ccccc6)n5-c5ccccc5)c34)cc2)cc1.